The molecule has 0 radical (unpaired) electrons. The van der Waals surface area contributed by atoms with Crippen LogP contribution in [0.2, 0.25) is 0 Å². The minimum Gasteiger partial charge on any atom is -0.306 e. The van der Waals surface area contributed by atoms with Crippen molar-refractivity contribution in [3.05, 3.63) is 77.3 Å². The molecule has 2 aromatic heterocycles. The number of amides is 1. The fraction of sp³-hybridized carbons (Fsp3) is 0.105. The Bertz CT molecular complexity index is 1110. The Morgan fingerprint density at radius 3 is 2.67 bits per heavy atom. The first-order valence-electron chi connectivity index (χ1n) is 8.36. The quantitative estimate of drug-likeness (QED) is 0.665. The lowest BCUT2D eigenvalue weighted by atomic mass is 10.1. The summed E-state index contributed by atoms with van der Waals surface area (Å²) < 4.78 is 15.5. The van der Waals surface area contributed by atoms with Crippen molar-refractivity contribution in [1.82, 2.24) is 30.8 Å². The van der Waals surface area contributed by atoms with Crippen LogP contribution in [0.15, 0.2) is 60.1 Å². The number of fused-ring (bicyclic) bond motifs is 1. The van der Waals surface area contributed by atoms with Gasteiger partial charge in [0.1, 0.15) is 11.6 Å². The highest BCUT2D eigenvalue weighted by Gasteiger charge is 2.20. The summed E-state index contributed by atoms with van der Waals surface area (Å²) >= 11 is 0. The van der Waals surface area contributed by atoms with E-state index in [9.17, 15) is 9.18 Å². The normalized spacial score (nSPS) is 13.4. The summed E-state index contributed by atoms with van der Waals surface area (Å²) in [6.07, 6.45) is 3.59. The fourth-order valence-electron chi connectivity index (χ4n) is 2.83. The summed E-state index contributed by atoms with van der Waals surface area (Å²) in [5, 5.41) is 7.21. The topological polar surface area (TPSA) is 83.4 Å². The number of rotatable bonds is 3. The van der Waals surface area contributed by atoms with E-state index in [1.165, 1.54) is 10.6 Å². The van der Waals surface area contributed by atoms with Gasteiger partial charge in [-0.05, 0) is 50.3 Å². The van der Waals surface area contributed by atoms with E-state index in [-0.39, 0.29) is 17.4 Å². The summed E-state index contributed by atoms with van der Waals surface area (Å²) in [4.78, 5) is 17.2. The monoisotopic (exact) mass is 364 g/mol. The van der Waals surface area contributed by atoms with Gasteiger partial charge in [-0.2, -0.15) is 5.10 Å². The summed E-state index contributed by atoms with van der Waals surface area (Å²) in [5.74, 6) is -0.242. The van der Waals surface area contributed by atoms with Crippen LogP contribution in [-0.2, 0) is 0 Å². The van der Waals surface area contributed by atoms with Gasteiger partial charge in [-0.25, -0.2) is 13.9 Å². The highest BCUT2D eigenvalue weighted by Crippen LogP contribution is 2.22. The number of halogens is 1. The number of nitrogens with zero attached hydrogens (tertiary/aromatic N) is 3. The van der Waals surface area contributed by atoms with E-state index in [4.69, 9.17) is 0 Å². The third kappa shape index (κ3) is 3.12. The molecule has 0 aliphatic carbocycles. The van der Waals surface area contributed by atoms with Crippen LogP contribution in [0.3, 0.4) is 0 Å². The Labute approximate surface area is 154 Å². The highest BCUT2D eigenvalue weighted by atomic mass is 19.1. The van der Waals surface area contributed by atoms with Gasteiger partial charge in [-0.1, -0.05) is 12.1 Å². The number of hydrogen-bond acceptors (Lipinski definition) is 5. The van der Waals surface area contributed by atoms with Crippen LogP contribution in [0.25, 0.3) is 16.9 Å². The number of imidazole rings is 1. The minimum absolute atomic E-state index is 0.289. The van der Waals surface area contributed by atoms with Crippen molar-refractivity contribution in [1.29, 1.82) is 0 Å². The molecule has 3 aromatic rings. The molecule has 8 heteroatoms. The smallest absolute Gasteiger partial charge is 0.277 e. The van der Waals surface area contributed by atoms with Crippen LogP contribution >= 0.6 is 0 Å². The molecule has 1 amide bonds. The van der Waals surface area contributed by atoms with Gasteiger partial charge in [0.2, 0.25) is 0 Å². The number of aryl methyl sites for hydroxylation is 1. The molecule has 7 nitrogen and oxygen atoms in total. The first kappa shape index (κ1) is 16.8. The van der Waals surface area contributed by atoms with Gasteiger partial charge in [-0.15, -0.1) is 0 Å². The van der Waals surface area contributed by atoms with E-state index >= 15 is 0 Å². The number of carbonyl (C=O) groups is 1. The van der Waals surface area contributed by atoms with Crippen molar-refractivity contribution in [2.24, 2.45) is 0 Å². The van der Waals surface area contributed by atoms with Gasteiger partial charge in [-0.3, -0.25) is 10.2 Å². The second kappa shape index (κ2) is 6.56. The maximum Gasteiger partial charge on any atom is 0.277 e. The van der Waals surface area contributed by atoms with E-state index < -0.39 is 0 Å². The van der Waals surface area contributed by atoms with Crippen molar-refractivity contribution in [2.45, 2.75) is 13.8 Å². The number of carbonyl (C=O) groups excluding carboxylic acids is 1. The van der Waals surface area contributed by atoms with Crippen LogP contribution in [-0.4, -0.2) is 20.5 Å². The first-order chi connectivity index (χ1) is 13.0. The maximum absolute atomic E-state index is 14.1. The Kier molecular flexibility index (Phi) is 4.08. The SMILES string of the molecule is CC1=CC=C(NC(=O)c2c(C)nc3ccc(-c4ccccc4F)nn23)NN1. The molecule has 0 bridgehead atoms. The third-order valence-electron chi connectivity index (χ3n) is 4.16. The Hall–Kier alpha value is -3.68. The minimum atomic E-state index is -0.378. The lowest BCUT2D eigenvalue weighted by Crippen LogP contribution is -2.40. The van der Waals surface area contributed by atoms with Crippen molar-refractivity contribution in [2.75, 3.05) is 0 Å². The zero-order valence-corrected chi connectivity index (χ0v) is 14.7. The van der Waals surface area contributed by atoms with E-state index in [2.05, 4.69) is 26.3 Å². The molecular formula is C19H17FN6O. The molecule has 0 fully saturated rings. The summed E-state index contributed by atoms with van der Waals surface area (Å²) in [6, 6.07) is 9.77. The number of allylic oxidation sites excluding steroid dienone is 3. The average molecular weight is 364 g/mol. The highest BCUT2D eigenvalue weighted by molar-refractivity contribution is 5.95. The van der Waals surface area contributed by atoms with E-state index in [1.807, 2.05) is 13.0 Å². The van der Waals surface area contributed by atoms with Crippen molar-refractivity contribution in [3.8, 4) is 11.3 Å². The molecule has 1 aromatic carbocycles. The zero-order valence-electron chi connectivity index (χ0n) is 14.7. The van der Waals surface area contributed by atoms with Crippen molar-refractivity contribution < 1.29 is 9.18 Å². The van der Waals surface area contributed by atoms with E-state index in [0.29, 0.717) is 28.4 Å². The Balaban J connectivity index is 1.74. The largest absolute Gasteiger partial charge is 0.306 e. The third-order valence-corrected chi connectivity index (χ3v) is 4.16. The predicted octanol–water partition coefficient (Wildman–Crippen LogP) is 2.43. The van der Waals surface area contributed by atoms with Gasteiger partial charge < -0.3 is 10.7 Å². The molecule has 0 spiro atoms. The van der Waals surface area contributed by atoms with Crippen LogP contribution in [0, 0.1) is 12.7 Å². The average Bonchev–Trinajstić information content (AvgIpc) is 2.99. The second-order valence-corrected chi connectivity index (χ2v) is 6.15. The molecule has 0 saturated carbocycles. The number of aromatic nitrogens is 3. The van der Waals surface area contributed by atoms with Crippen LogP contribution in [0.1, 0.15) is 23.1 Å². The Morgan fingerprint density at radius 2 is 1.93 bits per heavy atom. The van der Waals surface area contributed by atoms with Crippen LogP contribution in [0.4, 0.5) is 4.39 Å². The zero-order chi connectivity index (χ0) is 19.0. The molecule has 3 N–H and O–H groups in total. The molecule has 4 rings (SSSR count). The van der Waals surface area contributed by atoms with Crippen LogP contribution < -0.4 is 16.2 Å². The molecular weight excluding hydrogens is 347 g/mol. The fourth-order valence-corrected chi connectivity index (χ4v) is 2.83. The van der Waals surface area contributed by atoms with Gasteiger partial charge >= 0.3 is 0 Å². The second-order valence-electron chi connectivity index (χ2n) is 6.15. The standard InChI is InChI=1S/C19H17FN6O/c1-11-7-9-16(24-23-11)22-19(27)18-12(2)21-17-10-8-15(25-26(17)18)13-5-3-4-6-14(13)20/h3-10,23-24H,1-2H3,(H,22,27). The van der Waals surface area contributed by atoms with E-state index in [1.54, 1.807) is 43.3 Å². The molecule has 0 atom stereocenters. The first-order valence-corrected chi connectivity index (χ1v) is 8.36. The number of hydrazine groups is 1. The molecule has 1 aliphatic rings. The number of nitrogens with one attached hydrogen (secondary N) is 3. The molecule has 1 aliphatic heterocycles. The van der Waals surface area contributed by atoms with Gasteiger partial charge in [0.25, 0.3) is 5.91 Å². The summed E-state index contributed by atoms with van der Waals surface area (Å²) in [6.45, 7) is 3.63. The van der Waals surface area contributed by atoms with Crippen LogP contribution in [0.5, 0.6) is 0 Å². The number of benzene rings is 1. The molecule has 136 valence electrons. The lowest BCUT2D eigenvalue weighted by molar-refractivity contribution is 0.0954. The molecule has 0 unspecified atom stereocenters. The summed E-state index contributed by atoms with van der Waals surface area (Å²) in [7, 11) is 0. The predicted molar refractivity (Wildman–Crippen MR) is 98.7 cm³/mol. The van der Waals surface area contributed by atoms with Crippen molar-refractivity contribution in [3.63, 3.8) is 0 Å². The molecule has 27 heavy (non-hydrogen) atoms. The van der Waals surface area contributed by atoms with Gasteiger partial charge in [0.15, 0.2) is 11.3 Å². The van der Waals surface area contributed by atoms with Crippen molar-refractivity contribution >= 4 is 11.6 Å². The Morgan fingerprint density at radius 1 is 1.11 bits per heavy atom. The summed E-state index contributed by atoms with van der Waals surface area (Å²) in [5.41, 5.74) is 8.84. The lowest BCUT2D eigenvalue weighted by Gasteiger charge is -2.17. The molecule has 3 heterocycles. The number of hydrogen-bond donors (Lipinski definition) is 3. The van der Waals surface area contributed by atoms with Gasteiger partial charge in [0, 0.05) is 11.3 Å². The van der Waals surface area contributed by atoms with Gasteiger partial charge in [0.05, 0.1) is 11.4 Å². The molecule has 0 saturated heterocycles. The van der Waals surface area contributed by atoms with E-state index in [0.717, 1.165) is 5.70 Å². The maximum atomic E-state index is 14.1.